The summed E-state index contributed by atoms with van der Waals surface area (Å²) in [5.74, 6) is 0.468. The van der Waals surface area contributed by atoms with Crippen molar-refractivity contribution in [3.05, 3.63) is 48.0 Å². The van der Waals surface area contributed by atoms with Gasteiger partial charge in [-0.1, -0.05) is 30.3 Å². The number of hydrogen-bond donors (Lipinski definition) is 0. The van der Waals surface area contributed by atoms with Crippen molar-refractivity contribution in [3.63, 3.8) is 0 Å². The van der Waals surface area contributed by atoms with Gasteiger partial charge >= 0.3 is 0 Å². The number of alkyl halides is 1. The van der Waals surface area contributed by atoms with E-state index < -0.39 is 0 Å². The van der Waals surface area contributed by atoms with Gasteiger partial charge < -0.3 is 9.64 Å². The molecule has 1 fully saturated rings. The van der Waals surface area contributed by atoms with Gasteiger partial charge in [-0.05, 0) is 22.9 Å². The van der Waals surface area contributed by atoms with E-state index in [1.54, 1.807) is 0 Å². The Hall–Kier alpha value is -1.58. The minimum Gasteiger partial charge on any atom is -0.373 e. The van der Waals surface area contributed by atoms with Crippen molar-refractivity contribution in [3.8, 4) is 0 Å². The van der Waals surface area contributed by atoms with Crippen molar-refractivity contribution in [1.82, 2.24) is 4.90 Å². The number of nitrogens with zero attached hydrogens (tertiary/aromatic N) is 1. The topological polar surface area (TPSA) is 29.5 Å². The number of rotatable bonds is 2. The summed E-state index contributed by atoms with van der Waals surface area (Å²) in [6.45, 7) is 1.74. The lowest BCUT2D eigenvalue weighted by Gasteiger charge is -2.32. The molecule has 0 N–H and O–H groups in total. The smallest absolute Gasteiger partial charge is 0.254 e. The summed E-state index contributed by atoms with van der Waals surface area (Å²) in [5, 5.41) is 2.23. The highest BCUT2D eigenvalue weighted by molar-refractivity contribution is 6.18. The lowest BCUT2D eigenvalue weighted by Crippen LogP contribution is -2.46. The van der Waals surface area contributed by atoms with E-state index in [9.17, 15) is 4.79 Å². The zero-order valence-electron chi connectivity index (χ0n) is 11.1. The summed E-state index contributed by atoms with van der Waals surface area (Å²) < 4.78 is 5.49. The minimum absolute atomic E-state index is 0.0502. The normalized spacial score (nSPS) is 19.2. The minimum atomic E-state index is -0.0603. The molecule has 2 aromatic rings. The molecule has 0 aliphatic carbocycles. The van der Waals surface area contributed by atoms with Crippen LogP contribution in [0.1, 0.15) is 10.4 Å². The van der Waals surface area contributed by atoms with E-state index in [4.69, 9.17) is 16.3 Å². The third-order valence-electron chi connectivity index (χ3n) is 3.59. The lowest BCUT2D eigenvalue weighted by molar-refractivity contribution is -0.0107. The molecule has 0 bridgehead atoms. The van der Waals surface area contributed by atoms with Gasteiger partial charge in [-0.25, -0.2) is 0 Å². The van der Waals surface area contributed by atoms with Crippen LogP contribution < -0.4 is 0 Å². The molecule has 0 saturated carbocycles. The highest BCUT2D eigenvalue weighted by Crippen LogP contribution is 2.18. The van der Waals surface area contributed by atoms with Gasteiger partial charge in [0.15, 0.2) is 0 Å². The van der Waals surface area contributed by atoms with E-state index >= 15 is 0 Å². The van der Waals surface area contributed by atoms with Gasteiger partial charge in [-0.3, -0.25) is 4.79 Å². The first kappa shape index (κ1) is 13.4. The van der Waals surface area contributed by atoms with Crippen molar-refractivity contribution >= 4 is 28.3 Å². The second-order valence-corrected chi connectivity index (χ2v) is 5.27. The number of halogens is 1. The number of carbonyl (C=O) groups excluding carboxylic acids is 1. The van der Waals surface area contributed by atoms with Gasteiger partial charge in [0, 0.05) is 18.7 Å². The molecule has 20 heavy (non-hydrogen) atoms. The highest BCUT2D eigenvalue weighted by Gasteiger charge is 2.24. The first-order chi connectivity index (χ1) is 9.78. The average molecular weight is 290 g/mol. The number of amides is 1. The molecule has 0 radical (unpaired) electrons. The summed E-state index contributed by atoms with van der Waals surface area (Å²) >= 11 is 5.81. The van der Waals surface area contributed by atoms with Crippen LogP contribution in [-0.2, 0) is 4.74 Å². The summed E-state index contributed by atoms with van der Waals surface area (Å²) in [6, 6.07) is 13.9. The number of benzene rings is 2. The fourth-order valence-corrected chi connectivity index (χ4v) is 2.69. The zero-order chi connectivity index (χ0) is 13.9. The molecule has 1 aliphatic heterocycles. The summed E-state index contributed by atoms with van der Waals surface area (Å²) in [5.41, 5.74) is 0.721. The Morgan fingerprint density at radius 1 is 1.25 bits per heavy atom. The Kier molecular flexibility index (Phi) is 3.90. The van der Waals surface area contributed by atoms with Crippen molar-refractivity contribution in [2.75, 3.05) is 25.6 Å². The third kappa shape index (κ3) is 2.65. The van der Waals surface area contributed by atoms with E-state index in [0.717, 1.165) is 16.3 Å². The summed E-state index contributed by atoms with van der Waals surface area (Å²) in [4.78, 5) is 14.4. The van der Waals surface area contributed by atoms with Crippen LogP contribution in [0.5, 0.6) is 0 Å². The molecule has 1 heterocycles. The fourth-order valence-electron chi connectivity index (χ4n) is 2.50. The molecular formula is C16H16ClNO2. The first-order valence-electron chi connectivity index (χ1n) is 6.73. The average Bonchev–Trinajstić information content (AvgIpc) is 2.53. The maximum Gasteiger partial charge on any atom is 0.254 e. The molecule has 1 amide bonds. The standard InChI is InChI=1S/C16H16ClNO2/c17-10-15-11-18(7-8-20-15)16(19)14-6-5-12-3-1-2-4-13(12)9-14/h1-6,9,15H,7-8,10-11H2. The molecule has 3 nitrogen and oxygen atoms in total. The number of ether oxygens (including phenoxy) is 1. The predicted molar refractivity (Wildman–Crippen MR) is 80.3 cm³/mol. The van der Waals surface area contributed by atoms with Gasteiger partial charge in [0.05, 0.1) is 18.6 Å². The molecule has 2 aromatic carbocycles. The van der Waals surface area contributed by atoms with Crippen molar-refractivity contribution in [2.24, 2.45) is 0 Å². The zero-order valence-corrected chi connectivity index (χ0v) is 11.8. The molecule has 0 aromatic heterocycles. The Morgan fingerprint density at radius 2 is 2.05 bits per heavy atom. The van der Waals surface area contributed by atoms with Crippen LogP contribution >= 0.6 is 11.6 Å². The Morgan fingerprint density at radius 3 is 2.85 bits per heavy atom. The molecular weight excluding hydrogens is 274 g/mol. The van der Waals surface area contributed by atoms with E-state index in [0.29, 0.717) is 25.6 Å². The molecule has 0 spiro atoms. The Bertz CT molecular complexity index is 629. The first-order valence-corrected chi connectivity index (χ1v) is 7.27. The largest absolute Gasteiger partial charge is 0.373 e. The van der Waals surface area contributed by atoms with Crippen LogP contribution in [0.25, 0.3) is 10.8 Å². The maximum absolute atomic E-state index is 12.5. The SMILES string of the molecule is O=C(c1ccc2ccccc2c1)N1CCOC(CCl)C1. The van der Waals surface area contributed by atoms with Crippen LogP contribution in [0.2, 0.25) is 0 Å². The van der Waals surface area contributed by atoms with Crippen molar-refractivity contribution < 1.29 is 9.53 Å². The summed E-state index contributed by atoms with van der Waals surface area (Å²) in [7, 11) is 0. The molecule has 1 atom stereocenters. The van der Waals surface area contributed by atoms with E-state index in [-0.39, 0.29) is 12.0 Å². The quantitative estimate of drug-likeness (QED) is 0.796. The molecule has 1 saturated heterocycles. The van der Waals surface area contributed by atoms with E-state index in [1.165, 1.54) is 0 Å². The number of morpholine rings is 1. The molecule has 1 aliphatic rings. The molecule has 104 valence electrons. The number of fused-ring (bicyclic) bond motifs is 1. The predicted octanol–water partition coefficient (Wildman–Crippen LogP) is 2.92. The van der Waals surface area contributed by atoms with Gasteiger partial charge in [0.1, 0.15) is 0 Å². The Balaban J connectivity index is 1.84. The van der Waals surface area contributed by atoms with Gasteiger partial charge in [0.25, 0.3) is 5.91 Å². The monoisotopic (exact) mass is 289 g/mol. The van der Waals surface area contributed by atoms with E-state index in [1.807, 2.05) is 47.4 Å². The fraction of sp³-hybridized carbons (Fsp3) is 0.312. The second kappa shape index (κ2) is 5.81. The van der Waals surface area contributed by atoms with Gasteiger partial charge in [-0.15, -0.1) is 11.6 Å². The van der Waals surface area contributed by atoms with Crippen LogP contribution in [0, 0.1) is 0 Å². The van der Waals surface area contributed by atoms with Crippen molar-refractivity contribution in [1.29, 1.82) is 0 Å². The maximum atomic E-state index is 12.5. The van der Waals surface area contributed by atoms with Gasteiger partial charge in [-0.2, -0.15) is 0 Å². The van der Waals surface area contributed by atoms with Crippen LogP contribution in [0.3, 0.4) is 0 Å². The highest BCUT2D eigenvalue weighted by atomic mass is 35.5. The van der Waals surface area contributed by atoms with Crippen molar-refractivity contribution in [2.45, 2.75) is 6.10 Å². The second-order valence-electron chi connectivity index (χ2n) is 4.96. The Labute approximate surface area is 123 Å². The van der Waals surface area contributed by atoms with E-state index in [2.05, 4.69) is 0 Å². The molecule has 4 heteroatoms. The summed E-state index contributed by atoms with van der Waals surface area (Å²) in [6.07, 6.45) is -0.0603. The molecule has 3 rings (SSSR count). The number of carbonyl (C=O) groups is 1. The molecule has 1 unspecified atom stereocenters. The van der Waals surface area contributed by atoms with Gasteiger partial charge in [0.2, 0.25) is 0 Å². The number of hydrogen-bond acceptors (Lipinski definition) is 2. The van der Waals surface area contributed by atoms with Crippen LogP contribution in [0.4, 0.5) is 0 Å². The van der Waals surface area contributed by atoms with Crippen LogP contribution in [0.15, 0.2) is 42.5 Å². The van der Waals surface area contributed by atoms with Crippen LogP contribution in [-0.4, -0.2) is 42.5 Å². The third-order valence-corrected chi connectivity index (χ3v) is 3.94. The lowest BCUT2D eigenvalue weighted by atomic mass is 10.1.